The molecule has 2 aliphatic rings. The lowest BCUT2D eigenvalue weighted by Gasteiger charge is -2.40. The molecule has 2 atom stereocenters. The first-order chi connectivity index (χ1) is 12.7. The molecular weight excluding hydrogens is 322 g/mol. The number of aromatic amines is 1. The van der Waals surface area contributed by atoms with Gasteiger partial charge in [-0.25, -0.2) is 0 Å². The topological polar surface area (TPSA) is 56.9 Å². The van der Waals surface area contributed by atoms with Gasteiger partial charge in [0.15, 0.2) is 0 Å². The summed E-state index contributed by atoms with van der Waals surface area (Å²) in [6.45, 7) is 2.06. The van der Waals surface area contributed by atoms with Crippen molar-refractivity contribution in [3.63, 3.8) is 0 Å². The molecule has 1 aromatic carbocycles. The molecule has 2 aromatic rings. The molecule has 2 fully saturated rings. The van der Waals surface area contributed by atoms with Gasteiger partial charge in [0.1, 0.15) is 0 Å². The van der Waals surface area contributed by atoms with Gasteiger partial charge in [-0.1, -0.05) is 43.9 Å². The highest BCUT2D eigenvalue weighted by Gasteiger charge is 2.33. The molecule has 140 valence electrons. The summed E-state index contributed by atoms with van der Waals surface area (Å²) in [4.78, 5) is 16.0. The van der Waals surface area contributed by atoms with Gasteiger partial charge in [0.05, 0.1) is 6.42 Å². The van der Waals surface area contributed by atoms with Crippen molar-refractivity contribution < 1.29 is 4.79 Å². The maximum atomic E-state index is 12.6. The Hall–Kier alpha value is -1.81. The second-order valence-corrected chi connectivity index (χ2v) is 8.16. The molecule has 4 heteroatoms. The van der Waals surface area contributed by atoms with Crippen LogP contribution in [0.3, 0.4) is 0 Å². The molecule has 1 aromatic heterocycles. The van der Waals surface area contributed by atoms with Gasteiger partial charge >= 0.3 is 0 Å². The summed E-state index contributed by atoms with van der Waals surface area (Å²) in [5.41, 5.74) is 3.35. The van der Waals surface area contributed by atoms with Gasteiger partial charge in [-0.2, -0.15) is 0 Å². The molecule has 0 bridgehead atoms. The average Bonchev–Trinajstić information content (AvgIpc) is 2.79. The minimum absolute atomic E-state index is 0.148. The van der Waals surface area contributed by atoms with E-state index in [1.807, 2.05) is 12.1 Å². The first-order valence-electron chi connectivity index (χ1n) is 10.3. The van der Waals surface area contributed by atoms with Crippen LogP contribution in [0.15, 0.2) is 24.3 Å². The first-order valence-corrected chi connectivity index (χ1v) is 10.3. The summed E-state index contributed by atoms with van der Waals surface area (Å²) < 4.78 is 0. The summed E-state index contributed by atoms with van der Waals surface area (Å²) in [5, 5.41) is 8.28. The molecule has 4 rings (SSSR count). The lowest BCUT2D eigenvalue weighted by Crippen LogP contribution is -2.59. The molecule has 0 saturated heterocycles. The number of hydrogen-bond donors (Lipinski definition) is 3. The third-order valence-electron chi connectivity index (χ3n) is 6.29. The first kappa shape index (κ1) is 17.6. The van der Waals surface area contributed by atoms with Crippen molar-refractivity contribution >= 4 is 16.8 Å². The highest BCUT2D eigenvalue weighted by atomic mass is 16.1. The van der Waals surface area contributed by atoms with E-state index in [0.717, 1.165) is 23.2 Å². The Morgan fingerprint density at radius 2 is 1.77 bits per heavy atom. The van der Waals surface area contributed by atoms with Crippen LogP contribution in [-0.2, 0) is 11.2 Å². The van der Waals surface area contributed by atoms with E-state index in [0.29, 0.717) is 24.5 Å². The molecule has 0 unspecified atom stereocenters. The summed E-state index contributed by atoms with van der Waals surface area (Å²) in [6, 6.07) is 9.65. The van der Waals surface area contributed by atoms with Crippen LogP contribution in [0.25, 0.3) is 10.9 Å². The maximum absolute atomic E-state index is 12.6. The third kappa shape index (κ3) is 3.80. The van der Waals surface area contributed by atoms with Crippen LogP contribution in [0.1, 0.15) is 62.6 Å². The molecule has 26 heavy (non-hydrogen) atoms. The average molecular weight is 354 g/mol. The fourth-order valence-corrected chi connectivity index (χ4v) is 4.60. The van der Waals surface area contributed by atoms with Gasteiger partial charge < -0.3 is 15.6 Å². The number of para-hydroxylation sites is 1. The zero-order valence-corrected chi connectivity index (χ0v) is 15.8. The molecule has 0 aliphatic heterocycles. The van der Waals surface area contributed by atoms with Crippen molar-refractivity contribution in [3.8, 4) is 0 Å². The fourth-order valence-electron chi connectivity index (χ4n) is 4.60. The zero-order valence-electron chi connectivity index (χ0n) is 15.8. The van der Waals surface area contributed by atoms with Crippen LogP contribution < -0.4 is 10.6 Å². The number of benzene rings is 1. The Morgan fingerprint density at radius 1 is 1.04 bits per heavy atom. The molecule has 4 nitrogen and oxygen atoms in total. The van der Waals surface area contributed by atoms with Crippen LogP contribution in [0, 0.1) is 6.92 Å². The van der Waals surface area contributed by atoms with Crippen molar-refractivity contribution in [2.75, 3.05) is 0 Å². The number of nitrogens with one attached hydrogen (secondary N) is 3. The summed E-state index contributed by atoms with van der Waals surface area (Å²) in [6.07, 6.45) is 10.8. The van der Waals surface area contributed by atoms with Crippen molar-refractivity contribution in [2.45, 2.75) is 82.8 Å². The predicted octanol–water partition coefficient (Wildman–Crippen LogP) is 3.98. The number of aromatic nitrogens is 1. The number of fused-ring (bicyclic) bond motifs is 1. The predicted molar refractivity (Wildman–Crippen MR) is 106 cm³/mol. The molecule has 2 aliphatic carbocycles. The Bertz CT molecular complexity index is 758. The smallest absolute Gasteiger partial charge is 0.224 e. The van der Waals surface area contributed by atoms with E-state index in [4.69, 9.17) is 0 Å². The number of hydrogen-bond acceptors (Lipinski definition) is 2. The second kappa shape index (κ2) is 7.83. The highest BCUT2D eigenvalue weighted by Crippen LogP contribution is 2.26. The summed E-state index contributed by atoms with van der Waals surface area (Å²) in [5.74, 6) is 0.148. The quantitative estimate of drug-likeness (QED) is 0.712. The largest absolute Gasteiger partial charge is 0.358 e. The molecule has 2 saturated carbocycles. The Kier molecular flexibility index (Phi) is 5.30. The van der Waals surface area contributed by atoms with Crippen LogP contribution in [-0.4, -0.2) is 29.0 Å². The third-order valence-corrected chi connectivity index (χ3v) is 6.29. The van der Waals surface area contributed by atoms with E-state index in [-0.39, 0.29) is 5.91 Å². The minimum Gasteiger partial charge on any atom is -0.358 e. The van der Waals surface area contributed by atoms with Crippen molar-refractivity contribution in [2.24, 2.45) is 0 Å². The number of H-pyrrole nitrogens is 1. The maximum Gasteiger partial charge on any atom is 0.224 e. The van der Waals surface area contributed by atoms with Crippen LogP contribution in [0.5, 0.6) is 0 Å². The van der Waals surface area contributed by atoms with Gasteiger partial charge in [-0.05, 0) is 44.2 Å². The van der Waals surface area contributed by atoms with Gasteiger partial charge in [-0.3, -0.25) is 4.79 Å². The number of carbonyl (C=O) groups excluding carboxylic acids is 1. The van der Waals surface area contributed by atoms with E-state index >= 15 is 0 Å². The lowest BCUT2D eigenvalue weighted by molar-refractivity contribution is -0.122. The number of aryl methyl sites for hydroxylation is 1. The minimum atomic E-state index is 0.148. The summed E-state index contributed by atoms with van der Waals surface area (Å²) in [7, 11) is 0. The Morgan fingerprint density at radius 3 is 2.50 bits per heavy atom. The van der Waals surface area contributed by atoms with Crippen molar-refractivity contribution in [3.05, 3.63) is 35.5 Å². The number of rotatable bonds is 5. The van der Waals surface area contributed by atoms with Crippen molar-refractivity contribution in [1.82, 2.24) is 15.6 Å². The molecule has 3 N–H and O–H groups in total. The van der Waals surface area contributed by atoms with Gasteiger partial charge in [0, 0.05) is 34.7 Å². The second-order valence-electron chi connectivity index (χ2n) is 8.16. The van der Waals surface area contributed by atoms with Crippen LogP contribution >= 0.6 is 0 Å². The molecule has 0 radical (unpaired) electrons. The molecule has 1 heterocycles. The van der Waals surface area contributed by atoms with E-state index < -0.39 is 0 Å². The van der Waals surface area contributed by atoms with Gasteiger partial charge in [0.25, 0.3) is 0 Å². The van der Waals surface area contributed by atoms with Crippen molar-refractivity contribution in [1.29, 1.82) is 0 Å². The SMILES string of the molecule is Cc1[nH]c2ccccc2c1CC(=O)N[C@H]1CC[C@H]1NC1CCCCCC1. The standard InChI is InChI=1S/C22H31N3O/c1-15-18(17-10-6-7-11-19(17)23-15)14-22(26)25-21-13-12-20(21)24-16-8-4-2-3-5-9-16/h6-7,10-11,16,20-21,23-24H,2-5,8-9,12-14H2,1H3,(H,25,26)/t20-,21+/m1/s1. The normalized spacial score (nSPS) is 24.2. The van der Waals surface area contributed by atoms with E-state index in [1.54, 1.807) is 0 Å². The van der Waals surface area contributed by atoms with E-state index in [1.165, 1.54) is 50.3 Å². The number of carbonyl (C=O) groups is 1. The Balaban J connectivity index is 1.33. The van der Waals surface area contributed by atoms with Gasteiger partial charge in [-0.15, -0.1) is 0 Å². The lowest BCUT2D eigenvalue weighted by atomic mass is 9.85. The zero-order chi connectivity index (χ0) is 17.9. The molecular formula is C22H31N3O. The molecule has 1 amide bonds. The van der Waals surface area contributed by atoms with Crippen LogP contribution in [0.2, 0.25) is 0 Å². The molecule has 0 spiro atoms. The van der Waals surface area contributed by atoms with Crippen LogP contribution in [0.4, 0.5) is 0 Å². The summed E-state index contributed by atoms with van der Waals surface area (Å²) >= 11 is 0. The van der Waals surface area contributed by atoms with Gasteiger partial charge in [0.2, 0.25) is 5.91 Å². The van der Waals surface area contributed by atoms with E-state index in [2.05, 4.69) is 34.7 Å². The fraction of sp³-hybridized carbons (Fsp3) is 0.591. The Labute approximate surface area is 156 Å². The van der Waals surface area contributed by atoms with E-state index in [9.17, 15) is 4.79 Å². The highest BCUT2D eigenvalue weighted by molar-refractivity contribution is 5.90. The monoisotopic (exact) mass is 353 g/mol. The number of amides is 1.